The van der Waals surface area contributed by atoms with Crippen molar-refractivity contribution in [2.45, 2.75) is 13.3 Å². The lowest BCUT2D eigenvalue weighted by molar-refractivity contribution is -0.113. The molecule has 1 fully saturated rings. The lowest BCUT2D eigenvalue weighted by Gasteiger charge is -2.14. The van der Waals surface area contributed by atoms with E-state index in [4.69, 9.17) is 23.8 Å². The second kappa shape index (κ2) is 8.00. The highest BCUT2D eigenvalue weighted by Gasteiger charge is 2.33. The molecule has 5 heteroatoms. The molecule has 1 heterocycles. The van der Waals surface area contributed by atoms with Gasteiger partial charge >= 0.3 is 0 Å². The van der Waals surface area contributed by atoms with E-state index in [-0.39, 0.29) is 5.91 Å². The van der Waals surface area contributed by atoms with Crippen molar-refractivity contribution >= 4 is 57.6 Å². The quantitative estimate of drug-likeness (QED) is 0.491. The smallest absolute Gasteiger partial charge is 0.268 e. The van der Waals surface area contributed by atoms with Crippen LogP contribution in [0.5, 0.6) is 0 Å². The molecule has 126 valence electrons. The number of amides is 1. The maximum absolute atomic E-state index is 12.7. The number of nitrogens with zero attached hydrogens (tertiary/aromatic N) is 1. The molecule has 1 amide bonds. The van der Waals surface area contributed by atoms with Crippen molar-refractivity contribution in [1.82, 2.24) is 0 Å². The molecule has 0 saturated carbocycles. The lowest BCUT2D eigenvalue weighted by Crippen LogP contribution is -2.27. The first-order valence-electron chi connectivity index (χ1n) is 7.87. The Hall–Kier alpha value is -1.88. The van der Waals surface area contributed by atoms with E-state index >= 15 is 0 Å². The maximum atomic E-state index is 12.7. The number of allylic oxidation sites excluding steroid dienone is 2. The van der Waals surface area contributed by atoms with Crippen LogP contribution >= 0.6 is 35.6 Å². The average molecular weight is 386 g/mol. The van der Waals surface area contributed by atoms with E-state index in [1.807, 2.05) is 60.7 Å². The summed E-state index contributed by atoms with van der Waals surface area (Å²) in [4.78, 5) is 14.8. The number of carbonyl (C=O) groups is 1. The number of hydrogen-bond acceptors (Lipinski definition) is 3. The summed E-state index contributed by atoms with van der Waals surface area (Å²) in [7, 11) is 0. The van der Waals surface area contributed by atoms with Gasteiger partial charge in [-0.3, -0.25) is 9.69 Å². The number of rotatable bonds is 4. The molecule has 2 aromatic rings. The Morgan fingerprint density at radius 2 is 1.84 bits per heavy atom. The number of thioether (sulfide) groups is 1. The molecule has 1 aliphatic rings. The lowest BCUT2D eigenvalue weighted by atomic mass is 10.1. The second-order valence-corrected chi connectivity index (χ2v) is 7.59. The predicted octanol–water partition coefficient (Wildman–Crippen LogP) is 5.78. The highest BCUT2D eigenvalue weighted by Crippen LogP contribution is 2.36. The number of halogens is 1. The van der Waals surface area contributed by atoms with Gasteiger partial charge in [-0.15, -0.1) is 0 Å². The van der Waals surface area contributed by atoms with Crippen LogP contribution < -0.4 is 4.90 Å². The molecule has 0 bridgehead atoms. The zero-order valence-electron chi connectivity index (χ0n) is 13.6. The summed E-state index contributed by atoms with van der Waals surface area (Å²) < 4.78 is 0.518. The number of aryl methyl sites for hydroxylation is 1. The van der Waals surface area contributed by atoms with Gasteiger partial charge in [-0.1, -0.05) is 85.0 Å². The van der Waals surface area contributed by atoms with Crippen molar-refractivity contribution in [2.75, 3.05) is 4.90 Å². The minimum atomic E-state index is -0.140. The van der Waals surface area contributed by atoms with E-state index in [9.17, 15) is 4.79 Å². The summed E-state index contributed by atoms with van der Waals surface area (Å²) in [6.07, 6.45) is 4.46. The Kier molecular flexibility index (Phi) is 5.74. The minimum absolute atomic E-state index is 0.140. The largest absolute Gasteiger partial charge is 0.270 e. The number of anilines is 1. The van der Waals surface area contributed by atoms with Gasteiger partial charge < -0.3 is 0 Å². The van der Waals surface area contributed by atoms with Crippen LogP contribution in [0.3, 0.4) is 0 Å². The van der Waals surface area contributed by atoms with Gasteiger partial charge in [0.1, 0.15) is 0 Å². The van der Waals surface area contributed by atoms with Gasteiger partial charge in [0.2, 0.25) is 0 Å². The maximum Gasteiger partial charge on any atom is 0.270 e. The highest BCUT2D eigenvalue weighted by molar-refractivity contribution is 8.27. The molecule has 2 aromatic carbocycles. The summed E-state index contributed by atoms with van der Waals surface area (Å²) in [5.41, 5.74) is 2.99. The van der Waals surface area contributed by atoms with Crippen LogP contribution in [0.15, 0.2) is 70.6 Å². The van der Waals surface area contributed by atoms with Crippen LogP contribution in [0.25, 0.3) is 6.08 Å². The normalized spacial score (nSPS) is 16.8. The van der Waals surface area contributed by atoms with Gasteiger partial charge in [-0.2, -0.15) is 0 Å². The third-order valence-electron chi connectivity index (χ3n) is 3.77. The van der Waals surface area contributed by atoms with Crippen molar-refractivity contribution in [3.8, 4) is 0 Å². The van der Waals surface area contributed by atoms with E-state index in [1.165, 1.54) is 17.3 Å². The van der Waals surface area contributed by atoms with E-state index in [2.05, 4.69) is 6.92 Å². The molecule has 1 aliphatic heterocycles. The summed E-state index contributed by atoms with van der Waals surface area (Å²) >= 11 is 13.0. The van der Waals surface area contributed by atoms with Crippen molar-refractivity contribution < 1.29 is 4.79 Å². The SMILES string of the molecule is CCc1ccc(N2C(=O)/C(=C/C(Cl)=C/c3ccccc3)SC2=S)cc1. The molecular weight excluding hydrogens is 370 g/mol. The third-order valence-corrected chi connectivity index (χ3v) is 5.29. The number of thiocarbonyl (C=S) groups is 1. The van der Waals surface area contributed by atoms with E-state index in [0.29, 0.717) is 14.3 Å². The van der Waals surface area contributed by atoms with Crippen molar-refractivity contribution in [3.63, 3.8) is 0 Å². The first kappa shape index (κ1) is 17.9. The third kappa shape index (κ3) is 4.21. The van der Waals surface area contributed by atoms with Crippen LogP contribution in [0, 0.1) is 0 Å². The summed E-state index contributed by atoms with van der Waals surface area (Å²) in [6, 6.07) is 17.6. The fraction of sp³-hybridized carbons (Fsp3) is 0.100. The fourth-order valence-electron chi connectivity index (χ4n) is 2.45. The van der Waals surface area contributed by atoms with Gasteiger partial charge in [0.25, 0.3) is 5.91 Å². The first-order chi connectivity index (χ1) is 12.1. The Labute approximate surface area is 162 Å². The predicted molar refractivity (Wildman–Crippen MR) is 112 cm³/mol. The van der Waals surface area contributed by atoms with Crippen LogP contribution in [0.2, 0.25) is 0 Å². The van der Waals surface area contributed by atoms with Crippen LogP contribution in [-0.2, 0) is 11.2 Å². The monoisotopic (exact) mass is 385 g/mol. The van der Waals surface area contributed by atoms with Crippen molar-refractivity contribution in [1.29, 1.82) is 0 Å². The zero-order valence-corrected chi connectivity index (χ0v) is 16.0. The summed E-state index contributed by atoms with van der Waals surface area (Å²) in [5, 5.41) is 0.494. The molecule has 2 nitrogen and oxygen atoms in total. The molecule has 3 rings (SSSR count). The van der Waals surface area contributed by atoms with Gasteiger partial charge in [0.05, 0.1) is 10.6 Å². The number of benzene rings is 2. The van der Waals surface area contributed by atoms with Crippen LogP contribution in [-0.4, -0.2) is 10.2 Å². The molecule has 0 atom stereocenters. The van der Waals surface area contributed by atoms with Gasteiger partial charge in [-0.25, -0.2) is 0 Å². The van der Waals surface area contributed by atoms with Crippen LogP contribution in [0.1, 0.15) is 18.1 Å². The molecule has 25 heavy (non-hydrogen) atoms. The Bertz CT molecular complexity index is 857. The Morgan fingerprint density at radius 1 is 1.16 bits per heavy atom. The average Bonchev–Trinajstić information content (AvgIpc) is 2.89. The van der Waals surface area contributed by atoms with Crippen molar-refractivity contribution in [3.05, 3.63) is 81.7 Å². The molecule has 1 saturated heterocycles. The summed E-state index contributed by atoms with van der Waals surface area (Å²) in [5.74, 6) is -0.140. The van der Waals surface area contributed by atoms with Gasteiger partial charge in [0, 0.05) is 5.03 Å². The highest BCUT2D eigenvalue weighted by atomic mass is 35.5. The topological polar surface area (TPSA) is 20.3 Å². The Balaban J connectivity index is 1.84. The fourth-order valence-corrected chi connectivity index (χ4v) is 4.04. The van der Waals surface area contributed by atoms with E-state index in [0.717, 1.165) is 17.7 Å². The molecule has 0 spiro atoms. The molecule has 0 N–H and O–H groups in total. The second-order valence-electron chi connectivity index (χ2n) is 5.48. The minimum Gasteiger partial charge on any atom is -0.268 e. The Morgan fingerprint density at radius 3 is 2.48 bits per heavy atom. The molecular formula is C20H16ClNOS2. The van der Waals surface area contributed by atoms with Gasteiger partial charge in [-0.05, 0) is 41.8 Å². The molecule has 0 aromatic heterocycles. The van der Waals surface area contributed by atoms with E-state index < -0.39 is 0 Å². The molecule has 0 unspecified atom stereocenters. The van der Waals surface area contributed by atoms with Gasteiger partial charge in [0.15, 0.2) is 4.32 Å². The molecule has 0 radical (unpaired) electrons. The number of hydrogen-bond donors (Lipinski definition) is 0. The number of carbonyl (C=O) groups excluding carboxylic acids is 1. The molecule has 0 aliphatic carbocycles. The first-order valence-corrected chi connectivity index (χ1v) is 9.48. The van der Waals surface area contributed by atoms with Crippen LogP contribution in [0.4, 0.5) is 5.69 Å². The summed E-state index contributed by atoms with van der Waals surface area (Å²) in [6.45, 7) is 2.10. The van der Waals surface area contributed by atoms with Crippen molar-refractivity contribution in [2.24, 2.45) is 0 Å². The zero-order chi connectivity index (χ0) is 17.8. The standard InChI is InChI=1S/C20H16ClNOS2/c1-2-14-8-10-17(11-9-14)22-19(23)18(25-20(22)24)13-16(21)12-15-6-4-3-5-7-15/h3-13H,2H2,1H3/b16-12-,18-13-. The van der Waals surface area contributed by atoms with E-state index in [1.54, 1.807) is 11.0 Å².